The molecule has 19 heavy (non-hydrogen) atoms. The predicted octanol–water partition coefficient (Wildman–Crippen LogP) is 2.91. The van der Waals surface area contributed by atoms with Gasteiger partial charge in [0.15, 0.2) is 0 Å². The second-order valence-corrected chi connectivity index (χ2v) is 7.05. The molecular weight excluding hydrogens is 280 g/mol. The van der Waals surface area contributed by atoms with Gasteiger partial charge in [-0.25, -0.2) is 0 Å². The van der Waals surface area contributed by atoms with Crippen molar-refractivity contribution in [2.24, 2.45) is 17.6 Å². The van der Waals surface area contributed by atoms with Crippen LogP contribution in [0.25, 0.3) is 0 Å². The zero-order chi connectivity index (χ0) is 13.6. The first-order valence-electron chi connectivity index (χ1n) is 6.86. The molecule has 2 heterocycles. The Kier molecular flexibility index (Phi) is 3.58. The van der Waals surface area contributed by atoms with Crippen molar-refractivity contribution < 1.29 is 4.79 Å². The van der Waals surface area contributed by atoms with Crippen molar-refractivity contribution in [2.75, 3.05) is 13.1 Å². The fourth-order valence-corrected chi connectivity index (χ4v) is 4.64. The summed E-state index contributed by atoms with van der Waals surface area (Å²) in [6.45, 7) is 3.59. The average Bonchev–Trinajstić information content (AvgIpc) is 2.95. The number of thiophene rings is 1. The number of hydrogen-bond donors (Lipinski definition) is 1. The highest BCUT2D eigenvalue weighted by atomic mass is 35.5. The molecule has 0 aromatic carbocycles. The highest BCUT2D eigenvalue weighted by Crippen LogP contribution is 2.37. The Hall–Kier alpha value is -0.580. The number of likely N-dealkylation sites (tertiary alicyclic amines) is 1. The second-order valence-electron chi connectivity index (χ2n) is 5.79. The summed E-state index contributed by atoms with van der Waals surface area (Å²) in [5.41, 5.74) is 7.18. The molecule has 3 atom stereocenters. The Morgan fingerprint density at radius 3 is 2.89 bits per heavy atom. The van der Waals surface area contributed by atoms with E-state index in [2.05, 4.69) is 0 Å². The Bertz CT molecular complexity index is 502. The van der Waals surface area contributed by atoms with Gasteiger partial charge in [-0.15, -0.1) is 11.3 Å². The van der Waals surface area contributed by atoms with Gasteiger partial charge in [-0.05, 0) is 42.5 Å². The van der Waals surface area contributed by atoms with Gasteiger partial charge in [-0.3, -0.25) is 4.79 Å². The molecule has 2 aliphatic rings. The molecule has 1 aromatic rings. The minimum Gasteiger partial charge on any atom is -0.337 e. The fourth-order valence-electron chi connectivity index (χ4n) is 3.40. The van der Waals surface area contributed by atoms with Crippen LogP contribution in [0.4, 0.5) is 0 Å². The van der Waals surface area contributed by atoms with Crippen LogP contribution >= 0.6 is 22.9 Å². The van der Waals surface area contributed by atoms with Crippen molar-refractivity contribution >= 4 is 28.8 Å². The lowest BCUT2D eigenvalue weighted by Crippen LogP contribution is -2.38. The van der Waals surface area contributed by atoms with Crippen LogP contribution in [0.3, 0.4) is 0 Å². The highest BCUT2D eigenvalue weighted by molar-refractivity contribution is 7.13. The first-order valence-corrected chi connectivity index (χ1v) is 8.12. The van der Waals surface area contributed by atoms with Gasteiger partial charge in [-0.1, -0.05) is 18.0 Å². The number of amides is 1. The SMILES string of the molecule is Cc1csc(C(=O)N2CC3CCCC(N)C3C2)c1Cl. The molecule has 3 rings (SSSR count). The van der Waals surface area contributed by atoms with Crippen molar-refractivity contribution in [2.45, 2.75) is 32.2 Å². The Labute approximate surface area is 122 Å². The molecule has 5 heteroatoms. The summed E-state index contributed by atoms with van der Waals surface area (Å²) in [5.74, 6) is 1.16. The standard InChI is InChI=1S/C14H19ClN2OS/c1-8-7-19-13(12(8)15)14(18)17-5-9-3-2-4-11(16)10(9)6-17/h7,9-11H,2-6,16H2,1H3. The quantitative estimate of drug-likeness (QED) is 0.866. The molecule has 1 amide bonds. The molecule has 2 fully saturated rings. The van der Waals surface area contributed by atoms with Gasteiger partial charge in [0.05, 0.1) is 5.02 Å². The summed E-state index contributed by atoms with van der Waals surface area (Å²) in [6, 6.07) is 0.261. The number of halogens is 1. The number of nitrogens with zero attached hydrogens (tertiary/aromatic N) is 1. The smallest absolute Gasteiger partial charge is 0.265 e. The summed E-state index contributed by atoms with van der Waals surface area (Å²) in [4.78, 5) is 15.2. The molecule has 1 aliphatic heterocycles. The molecule has 0 bridgehead atoms. The molecule has 104 valence electrons. The lowest BCUT2D eigenvalue weighted by molar-refractivity contribution is 0.0788. The van der Waals surface area contributed by atoms with Crippen molar-refractivity contribution in [3.05, 3.63) is 20.8 Å². The fraction of sp³-hybridized carbons (Fsp3) is 0.643. The zero-order valence-corrected chi connectivity index (χ0v) is 12.6. The molecule has 3 nitrogen and oxygen atoms in total. The summed E-state index contributed by atoms with van der Waals surface area (Å²) in [5, 5.41) is 2.57. The first-order chi connectivity index (χ1) is 9.08. The van der Waals surface area contributed by atoms with E-state index in [0.29, 0.717) is 21.7 Å². The second kappa shape index (κ2) is 5.08. The number of aryl methyl sites for hydroxylation is 1. The van der Waals surface area contributed by atoms with Gasteiger partial charge >= 0.3 is 0 Å². The van der Waals surface area contributed by atoms with E-state index in [-0.39, 0.29) is 11.9 Å². The minimum atomic E-state index is 0.0877. The largest absolute Gasteiger partial charge is 0.337 e. The maximum Gasteiger partial charge on any atom is 0.265 e. The Morgan fingerprint density at radius 2 is 2.26 bits per heavy atom. The summed E-state index contributed by atoms with van der Waals surface area (Å²) < 4.78 is 0. The van der Waals surface area contributed by atoms with Gasteiger partial charge < -0.3 is 10.6 Å². The average molecular weight is 299 g/mol. The van der Waals surface area contributed by atoms with Crippen molar-refractivity contribution in [3.63, 3.8) is 0 Å². The minimum absolute atomic E-state index is 0.0877. The van der Waals surface area contributed by atoms with Crippen molar-refractivity contribution in [1.82, 2.24) is 4.90 Å². The van der Waals surface area contributed by atoms with Crippen LogP contribution in [-0.4, -0.2) is 29.9 Å². The maximum absolute atomic E-state index is 12.5. The monoisotopic (exact) mass is 298 g/mol. The Morgan fingerprint density at radius 1 is 1.47 bits per heavy atom. The van der Waals surface area contributed by atoms with E-state index in [4.69, 9.17) is 17.3 Å². The molecule has 1 saturated heterocycles. The number of carbonyl (C=O) groups excluding carboxylic acids is 1. The van der Waals surface area contributed by atoms with E-state index in [0.717, 1.165) is 25.1 Å². The molecule has 0 radical (unpaired) electrons. The van der Waals surface area contributed by atoms with Crippen LogP contribution in [0.1, 0.15) is 34.5 Å². The predicted molar refractivity (Wildman–Crippen MR) is 78.8 cm³/mol. The topological polar surface area (TPSA) is 46.3 Å². The number of hydrogen-bond acceptors (Lipinski definition) is 3. The third kappa shape index (κ3) is 2.30. The van der Waals surface area contributed by atoms with E-state index in [1.807, 2.05) is 17.2 Å². The van der Waals surface area contributed by atoms with Gasteiger partial charge in [-0.2, -0.15) is 0 Å². The number of nitrogens with two attached hydrogens (primary N) is 1. The molecule has 3 unspecified atom stereocenters. The summed E-state index contributed by atoms with van der Waals surface area (Å²) in [6.07, 6.45) is 3.50. The Balaban J connectivity index is 1.77. The van der Waals surface area contributed by atoms with Crippen LogP contribution in [0.2, 0.25) is 5.02 Å². The zero-order valence-electron chi connectivity index (χ0n) is 11.1. The highest BCUT2D eigenvalue weighted by Gasteiger charge is 2.41. The summed E-state index contributed by atoms with van der Waals surface area (Å²) >= 11 is 7.65. The molecular formula is C14H19ClN2OS. The van der Waals surface area contributed by atoms with E-state index in [1.165, 1.54) is 24.2 Å². The third-order valence-corrected chi connectivity index (χ3v) is 6.22. The number of rotatable bonds is 1. The molecule has 2 N–H and O–H groups in total. The van der Waals surface area contributed by atoms with Crippen LogP contribution in [-0.2, 0) is 0 Å². The number of fused-ring (bicyclic) bond motifs is 1. The van der Waals surface area contributed by atoms with Crippen molar-refractivity contribution in [1.29, 1.82) is 0 Å². The number of carbonyl (C=O) groups is 1. The van der Waals surface area contributed by atoms with Gasteiger partial charge in [0.25, 0.3) is 5.91 Å². The van der Waals surface area contributed by atoms with Gasteiger partial charge in [0.2, 0.25) is 0 Å². The normalized spacial score (nSPS) is 30.5. The molecule has 1 saturated carbocycles. The van der Waals surface area contributed by atoms with Crippen LogP contribution in [0.5, 0.6) is 0 Å². The van der Waals surface area contributed by atoms with E-state index in [9.17, 15) is 4.79 Å². The molecule has 1 aromatic heterocycles. The van der Waals surface area contributed by atoms with Crippen LogP contribution < -0.4 is 5.73 Å². The molecule has 1 aliphatic carbocycles. The van der Waals surface area contributed by atoms with Gasteiger partial charge in [0, 0.05) is 19.1 Å². The van der Waals surface area contributed by atoms with Crippen LogP contribution in [0.15, 0.2) is 5.38 Å². The lowest BCUT2D eigenvalue weighted by atomic mass is 9.78. The maximum atomic E-state index is 12.5. The van der Waals surface area contributed by atoms with E-state index in [1.54, 1.807) is 0 Å². The van der Waals surface area contributed by atoms with E-state index < -0.39 is 0 Å². The third-order valence-electron chi connectivity index (χ3n) is 4.53. The van der Waals surface area contributed by atoms with Gasteiger partial charge in [0.1, 0.15) is 4.88 Å². The van der Waals surface area contributed by atoms with Crippen LogP contribution in [0, 0.1) is 18.8 Å². The summed E-state index contributed by atoms with van der Waals surface area (Å²) in [7, 11) is 0. The van der Waals surface area contributed by atoms with E-state index >= 15 is 0 Å². The van der Waals surface area contributed by atoms with Crippen molar-refractivity contribution in [3.8, 4) is 0 Å². The first kappa shape index (κ1) is 13.4. The lowest BCUT2D eigenvalue weighted by Gasteiger charge is -2.29. The molecule has 0 spiro atoms.